The maximum Gasteiger partial charge on any atom is 0.336 e. The molecule has 2 unspecified atom stereocenters. The van der Waals surface area contributed by atoms with Crippen LogP contribution in [0.5, 0.6) is 0 Å². The van der Waals surface area contributed by atoms with E-state index in [1.165, 1.54) is 23.8 Å². The SMILES string of the molecule is CCC(OCCCCOC(=O)C1=C(C)NC(C)=C(C(=O)O)C1c1cccc([N+](=O)[O-])c1)c1ccc(Cn2ccnc2)cc1. The van der Waals surface area contributed by atoms with Crippen molar-refractivity contribution in [2.75, 3.05) is 13.2 Å². The quantitative estimate of drug-likeness (QED) is 0.106. The highest BCUT2D eigenvalue weighted by Crippen LogP contribution is 2.39. The minimum Gasteiger partial charge on any atom is -0.478 e. The van der Waals surface area contributed by atoms with Gasteiger partial charge in [-0.15, -0.1) is 0 Å². The summed E-state index contributed by atoms with van der Waals surface area (Å²) in [7, 11) is 0. The van der Waals surface area contributed by atoms with E-state index in [0.717, 1.165) is 18.5 Å². The lowest BCUT2D eigenvalue weighted by atomic mass is 9.80. The molecule has 0 aliphatic carbocycles. The number of rotatable bonds is 14. The van der Waals surface area contributed by atoms with Crippen LogP contribution in [0.25, 0.3) is 0 Å². The molecule has 0 radical (unpaired) electrons. The first-order chi connectivity index (χ1) is 20.7. The highest BCUT2D eigenvalue weighted by atomic mass is 16.6. The minimum absolute atomic E-state index is 0.0499. The summed E-state index contributed by atoms with van der Waals surface area (Å²) in [4.78, 5) is 40.4. The molecular formula is C32H36N4O7. The van der Waals surface area contributed by atoms with Gasteiger partial charge in [-0.25, -0.2) is 14.6 Å². The molecule has 43 heavy (non-hydrogen) atoms. The number of carbonyl (C=O) groups is 2. The summed E-state index contributed by atoms with van der Waals surface area (Å²) in [6.45, 7) is 6.68. The van der Waals surface area contributed by atoms with Crippen LogP contribution in [-0.2, 0) is 25.6 Å². The maximum absolute atomic E-state index is 13.3. The van der Waals surface area contributed by atoms with Crippen LogP contribution < -0.4 is 5.32 Å². The molecule has 11 heteroatoms. The highest BCUT2D eigenvalue weighted by molar-refractivity contribution is 5.99. The molecule has 0 bridgehead atoms. The summed E-state index contributed by atoms with van der Waals surface area (Å²) in [5, 5.41) is 24.3. The van der Waals surface area contributed by atoms with Crippen LogP contribution in [-0.4, -0.2) is 44.7 Å². The van der Waals surface area contributed by atoms with E-state index in [9.17, 15) is 24.8 Å². The molecule has 4 rings (SSSR count). The minimum atomic E-state index is -1.23. The van der Waals surface area contributed by atoms with Crippen molar-refractivity contribution >= 4 is 17.6 Å². The molecule has 2 heterocycles. The van der Waals surface area contributed by atoms with Crippen LogP contribution in [0.1, 0.15) is 68.7 Å². The number of unbranched alkanes of at least 4 members (excludes halogenated alkanes) is 1. The molecule has 0 amide bonds. The monoisotopic (exact) mass is 588 g/mol. The van der Waals surface area contributed by atoms with Gasteiger partial charge in [-0.3, -0.25) is 10.1 Å². The predicted octanol–water partition coefficient (Wildman–Crippen LogP) is 5.65. The number of nitrogens with one attached hydrogen (secondary N) is 1. The lowest BCUT2D eigenvalue weighted by molar-refractivity contribution is -0.384. The number of hydrogen-bond acceptors (Lipinski definition) is 8. The molecular weight excluding hydrogens is 552 g/mol. The second-order valence-corrected chi connectivity index (χ2v) is 10.4. The van der Waals surface area contributed by atoms with Gasteiger partial charge in [-0.1, -0.05) is 43.3 Å². The van der Waals surface area contributed by atoms with E-state index >= 15 is 0 Å². The van der Waals surface area contributed by atoms with Gasteiger partial charge in [0.1, 0.15) is 0 Å². The van der Waals surface area contributed by atoms with Crippen molar-refractivity contribution < 1.29 is 29.1 Å². The first-order valence-electron chi connectivity index (χ1n) is 14.2. The molecule has 0 fully saturated rings. The number of ether oxygens (including phenoxy) is 2. The fraction of sp³-hybridized carbons (Fsp3) is 0.344. The van der Waals surface area contributed by atoms with Crippen molar-refractivity contribution in [3.63, 3.8) is 0 Å². The number of aliphatic carboxylic acids is 1. The third-order valence-corrected chi connectivity index (χ3v) is 7.36. The van der Waals surface area contributed by atoms with Crippen LogP contribution in [0.4, 0.5) is 5.69 Å². The standard InChI is InChI=1S/C32H36N4O7/c1-4-27(24-12-10-23(11-13-24)19-35-15-14-33-20-35)42-16-5-6-17-43-32(39)29-22(3)34-21(2)28(31(37)38)30(29)25-8-7-9-26(18-25)36(40)41/h7-15,18,20,27,30,34H,4-6,16-17,19H2,1-3H3,(H,37,38). The second-order valence-electron chi connectivity index (χ2n) is 10.4. The zero-order valence-corrected chi connectivity index (χ0v) is 24.5. The van der Waals surface area contributed by atoms with Crippen molar-refractivity contribution in [1.29, 1.82) is 0 Å². The number of aromatic nitrogens is 2. The molecule has 11 nitrogen and oxygen atoms in total. The Balaban J connectivity index is 1.33. The van der Waals surface area contributed by atoms with Crippen LogP contribution >= 0.6 is 0 Å². The van der Waals surface area contributed by atoms with E-state index in [-0.39, 0.29) is 29.5 Å². The van der Waals surface area contributed by atoms with E-state index in [2.05, 4.69) is 41.5 Å². The Labute approximate surface area is 250 Å². The molecule has 2 N–H and O–H groups in total. The number of carboxylic acid groups (broad SMARTS) is 1. The van der Waals surface area contributed by atoms with E-state index in [0.29, 0.717) is 36.4 Å². The molecule has 3 aromatic rings. The topological polar surface area (TPSA) is 146 Å². The number of nitrogens with zero attached hydrogens (tertiary/aromatic N) is 3. The van der Waals surface area contributed by atoms with Crippen LogP contribution in [0.15, 0.2) is 89.8 Å². The van der Waals surface area contributed by atoms with Gasteiger partial charge in [0.05, 0.1) is 41.0 Å². The molecule has 2 aromatic carbocycles. The van der Waals surface area contributed by atoms with E-state index < -0.39 is 22.8 Å². The lowest BCUT2D eigenvalue weighted by Gasteiger charge is -2.29. The molecule has 1 aliphatic rings. The number of hydrogen-bond donors (Lipinski definition) is 2. The number of esters is 1. The third-order valence-electron chi connectivity index (χ3n) is 7.36. The zero-order chi connectivity index (χ0) is 30.9. The molecule has 1 aliphatic heterocycles. The van der Waals surface area contributed by atoms with Crippen LogP contribution in [0.3, 0.4) is 0 Å². The van der Waals surface area contributed by atoms with Crippen molar-refractivity contribution in [3.8, 4) is 0 Å². The summed E-state index contributed by atoms with van der Waals surface area (Å²) in [5.74, 6) is -2.92. The Bertz CT molecular complexity index is 1510. The molecule has 0 saturated carbocycles. The lowest BCUT2D eigenvalue weighted by Crippen LogP contribution is -2.32. The van der Waals surface area contributed by atoms with Gasteiger partial charge < -0.3 is 24.5 Å². The van der Waals surface area contributed by atoms with E-state index in [1.807, 2.05) is 10.8 Å². The first kappa shape index (κ1) is 31.2. The maximum atomic E-state index is 13.3. The van der Waals surface area contributed by atoms with Gasteiger partial charge in [0.15, 0.2) is 0 Å². The summed E-state index contributed by atoms with van der Waals surface area (Å²) in [5.41, 5.74) is 3.25. The summed E-state index contributed by atoms with van der Waals surface area (Å²) in [6, 6.07) is 14.0. The fourth-order valence-electron chi connectivity index (χ4n) is 5.25. The Hall–Kier alpha value is -4.77. The van der Waals surface area contributed by atoms with Gasteiger partial charge in [0.25, 0.3) is 5.69 Å². The zero-order valence-electron chi connectivity index (χ0n) is 24.5. The number of carboxylic acids is 1. The van der Waals surface area contributed by atoms with Gasteiger partial charge in [-0.05, 0) is 49.8 Å². The number of allylic oxidation sites excluding steroid dienone is 2. The largest absolute Gasteiger partial charge is 0.478 e. The Morgan fingerprint density at radius 2 is 1.81 bits per heavy atom. The number of carbonyl (C=O) groups excluding carboxylic acids is 1. The molecule has 2 atom stereocenters. The number of non-ortho nitro benzene ring substituents is 1. The average Bonchev–Trinajstić information content (AvgIpc) is 3.49. The van der Waals surface area contributed by atoms with Gasteiger partial charge in [-0.2, -0.15) is 0 Å². The normalized spacial score (nSPS) is 15.7. The Morgan fingerprint density at radius 1 is 1.09 bits per heavy atom. The number of dihydropyridines is 1. The highest BCUT2D eigenvalue weighted by Gasteiger charge is 2.37. The second kappa shape index (κ2) is 14.4. The van der Waals surface area contributed by atoms with Crippen molar-refractivity contribution in [1.82, 2.24) is 14.9 Å². The van der Waals surface area contributed by atoms with Gasteiger partial charge in [0.2, 0.25) is 0 Å². The molecule has 0 spiro atoms. The predicted molar refractivity (Wildman–Crippen MR) is 159 cm³/mol. The Kier molecular flexibility index (Phi) is 10.4. The van der Waals surface area contributed by atoms with Gasteiger partial charge in [0, 0.05) is 49.1 Å². The summed E-state index contributed by atoms with van der Waals surface area (Å²) < 4.78 is 13.7. The number of nitro groups is 1. The van der Waals surface area contributed by atoms with E-state index in [1.54, 1.807) is 32.4 Å². The number of imidazole rings is 1. The molecule has 0 saturated heterocycles. The van der Waals surface area contributed by atoms with Crippen LogP contribution in [0, 0.1) is 10.1 Å². The summed E-state index contributed by atoms with van der Waals surface area (Å²) >= 11 is 0. The molecule has 1 aromatic heterocycles. The summed E-state index contributed by atoms with van der Waals surface area (Å²) in [6.07, 6.45) is 7.44. The third kappa shape index (κ3) is 7.75. The Morgan fingerprint density at radius 3 is 2.47 bits per heavy atom. The van der Waals surface area contributed by atoms with Gasteiger partial charge >= 0.3 is 11.9 Å². The number of nitro benzene ring substituents is 1. The van der Waals surface area contributed by atoms with Crippen molar-refractivity contribution in [2.24, 2.45) is 0 Å². The smallest absolute Gasteiger partial charge is 0.336 e. The van der Waals surface area contributed by atoms with Crippen molar-refractivity contribution in [3.05, 3.63) is 117 Å². The van der Waals surface area contributed by atoms with Crippen molar-refractivity contribution in [2.45, 2.75) is 58.6 Å². The average molecular weight is 589 g/mol. The first-order valence-corrected chi connectivity index (χ1v) is 14.2. The van der Waals surface area contributed by atoms with E-state index in [4.69, 9.17) is 9.47 Å². The fourth-order valence-corrected chi connectivity index (χ4v) is 5.25. The van der Waals surface area contributed by atoms with Crippen LogP contribution in [0.2, 0.25) is 0 Å². The number of benzene rings is 2. The molecule has 226 valence electrons.